The van der Waals surface area contributed by atoms with Crippen molar-refractivity contribution < 1.29 is 14.3 Å². The fraction of sp³-hybridized carbons (Fsp3) is 0.929. The van der Waals surface area contributed by atoms with Gasteiger partial charge < -0.3 is 20.1 Å². The number of piperidine rings is 1. The van der Waals surface area contributed by atoms with Gasteiger partial charge in [0.2, 0.25) is 0 Å². The maximum absolute atomic E-state index is 12.2. The number of amides is 1. The lowest BCUT2D eigenvalue weighted by Crippen LogP contribution is -2.54. The van der Waals surface area contributed by atoms with Crippen LogP contribution in [0.2, 0.25) is 0 Å². The van der Waals surface area contributed by atoms with Gasteiger partial charge in [0, 0.05) is 20.3 Å². The van der Waals surface area contributed by atoms with Gasteiger partial charge in [0.05, 0.1) is 6.61 Å². The number of rotatable bonds is 8. The zero-order valence-corrected chi connectivity index (χ0v) is 12.5. The van der Waals surface area contributed by atoms with E-state index in [2.05, 4.69) is 24.5 Å². The molecule has 0 bridgehead atoms. The Kier molecular flexibility index (Phi) is 7.34. The van der Waals surface area contributed by atoms with Crippen LogP contribution in [-0.2, 0) is 14.3 Å². The molecule has 0 aromatic carbocycles. The van der Waals surface area contributed by atoms with Gasteiger partial charge in [-0.05, 0) is 38.3 Å². The summed E-state index contributed by atoms with van der Waals surface area (Å²) in [5, 5.41) is 6.15. The Labute approximate surface area is 116 Å². The van der Waals surface area contributed by atoms with Gasteiger partial charge in [0.15, 0.2) is 0 Å². The summed E-state index contributed by atoms with van der Waals surface area (Å²) in [5.41, 5.74) is -0.650. The molecule has 1 aliphatic heterocycles. The Bertz CT molecular complexity index is 263. The van der Waals surface area contributed by atoms with Crippen molar-refractivity contribution in [2.75, 3.05) is 40.0 Å². The predicted octanol–water partition coefficient (Wildman–Crippen LogP) is 0.934. The normalized spacial score (nSPS) is 18.5. The smallest absolute Gasteiger partial charge is 0.252 e. The Morgan fingerprint density at radius 3 is 2.58 bits per heavy atom. The highest BCUT2D eigenvalue weighted by atomic mass is 16.5. The van der Waals surface area contributed by atoms with Gasteiger partial charge in [0.1, 0.15) is 5.60 Å². The van der Waals surface area contributed by atoms with Crippen LogP contribution in [0.3, 0.4) is 0 Å². The van der Waals surface area contributed by atoms with Crippen LogP contribution in [0.5, 0.6) is 0 Å². The first-order valence-corrected chi connectivity index (χ1v) is 7.22. The quantitative estimate of drug-likeness (QED) is 0.646. The van der Waals surface area contributed by atoms with E-state index >= 15 is 0 Å². The number of hydrogen-bond acceptors (Lipinski definition) is 4. The van der Waals surface area contributed by atoms with Gasteiger partial charge in [-0.15, -0.1) is 0 Å². The van der Waals surface area contributed by atoms with Gasteiger partial charge >= 0.3 is 0 Å². The highest BCUT2D eigenvalue weighted by Gasteiger charge is 2.39. The molecule has 0 aliphatic carbocycles. The second kappa shape index (κ2) is 8.51. The van der Waals surface area contributed by atoms with Gasteiger partial charge in [-0.3, -0.25) is 4.79 Å². The summed E-state index contributed by atoms with van der Waals surface area (Å²) in [5.74, 6) is 0.644. The maximum Gasteiger partial charge on any atom is 0.252 e. The van der Waals surface area contributed by atoms with Crippen LogP contribution in [0.4, 0.5) is 0 Å². The summed E-state index contributed by atoms with van der Waals surface area (Å²) >= 11 is 0. The van der Waals surface area contributed by atoms with E-state index in [1.807, 2.05) is 0 Å². The molecular weight excluding hydrogens is 244 g/mol. The minimum atomic E-state index is -0.650. The third-order valence-corrected chi connectivity index (χ3v) is 3.59. The molecule has 0 aromatic rings. The third kappa shape index (κ3) is 5.47. The third-order valence-electron chi connectivity index (χ3n) is 3.59. The second-order valence-corrected chi connectivity index (χ2v) is 5.50. The molecule has 5 nitrogen and oxygen atoms in total. The lowest BCUT2D eigenvalue weighted by Gasteiger charge is -2.34. The largest absolute Gasteiger partial charge is 0.380 e. The molecule has 2 N–H and O–H groups in total. The topological polar surface area (TPSA) is 59.6 Å². The van der Waals surface area contributed by atoms with Gasteiger partial charge in [0.25, 0.3) is 5.91 Å². The van der Waals surface area contributed by atoms with Crippen LogP contribution >= 0.6 is 0 Å². The number of hydrogen-bond donors (Lipinski definition) is 2. The van der Waals surface area contributed by atoms with Crippen LogP contribution in [0.15, 0.2) is 0 Å². The molecule has 0 aromatic heterocycles. The van der Waals surface area contributed by atoms with Crippen molar-refractivity contribution in [1.82, 2.24) is 10.6 Å². The SMILES string of the molecule is COC1(C(=O)NCCOCCC(C)C)CCNCC1. The molecule has 0 unspecified atom stereocenters. The van der Waals surface area contributed by atoms with E-state index in [-0.39, 0.29) is 5.91 Å². The molecule has 1 rings (SSSR count). The van der Waals surface area contributed by atoms with Crippen LogP contribution in [-0.4, -0.2) is 51.5 Å². The Hall–Kier alpha value is -0.650. The van der Waals surface area contributed by atoms with Crippen LogP contribution in [0.25, 0.3) is 0 Å². The van der Waals surface area contributed by atoms with Crippen molar-refractivity contribution in [2.45, 2.75) is 38.7 Å². The van der Waals surface area contributed by atoms with E-state index in [4.69, 9.17) is 9.47 Å². The summed E-state index contributed by atoms with van der Waals surface area (Å²) < 4.78 is 10.9. The molecule has 1 amide bonds. The van der Waals surface area contributed by atoms with Crippen molar-refractivity contribution in [1.29, 1.82) is 0 Å². The monoisotopic (exact) mass is 272 g/mol. The summed E-state index contributed by atoms with van der Waals surface area (Å²) in [6.45, 7) is 7.87. The predicted molar refractivity (Wildman–Crippen MR) is 75.1 cm³/mol. The van der Waals surface area contributed by atoms with Crippen molar-refractivity contribution in [3.05, 3.63) is 0 Å². The highest BCUT2D eigenvalue weighted by Crippen LogP contribution is 2.22. The Balaban J connectivity index is 2.18. The first-order valence-electron chi connectivity index (χ1n) is 7.22. The van der Waals surface area contributed by atoms with Crippen LogP contribution in [0.1, 0.15) is 33.1 Å². The summed E-state index contributed by atoms with van der Waals surface area (Å²) in [6.07, 6.45) is 2.51. The highest BCUT2D eigenvalue weighted by molar-refractivity contribution is 5.85. The summed E-state index contributed by atoms with van der Waals surface area (Å²) in [7, 11) is 1.62. The lowest BCUT2D eigenvalue weighted by atomic mass is 9.91. The standard InChI is InChI=1S/C14H28N2O3/c1-12(2)4-10-19-11-9-16-13(17)14(18-3)5-7-15-8-6-14/h12,15H,4-11H2,1-3H3,(H,16,17). The van der Waals surface area contributed by atoms with Crippen molar-refractivity contribution in [3.8, 4) is 0 Å². The number of methoxy groups -OCH3 is 1. The van der Waals surface area contributed by atoms with E-state index in [9.17, 15) is 4.79 Å². The molecule has 1 saturated heterocycles. The zero-order chi connectivity index (χ0) is 14.1. The van der Waals surface area contributed by atoms with Gasteiger partial charge in [-0.1, -0.05) is 13.8 Å². The molecule has 0 saturated carbocycles. The number of ether oxygens (including phenoxy) is 2. The first-order chi connectivity index (χ1) is 9.10. The Morgan fingerprint density at radius 2 is 2.00 bits per heavy atom. The molecule has 0 spiro atoms. The molecule has 0 radical (unpaired) electrons. The van der Waals surface area contributed by atoms with Crippen LogP contribution < -0.4 is 10.6 Å². The average molecular weight is 272 g/mol. The molecule has 1 aliphatic rings. The minimum Gasteiger partial charge on any atom is -0.380 e. The molecular formula is C14H28N2O3. The lowest BCUT2D eigenvalue weighted by molar-refractivity contribution is -0.146. The fourth-order valence-corrected chi connectivity index (χ4v) is 2.17. The molecule has 112 valence electrons. The number of nitrogens with one attached hydrogen (secondary N) is 2. The van der Waals surface area contributed by atoms with E-state index in [1.165, 1.54) is 0 Å². The maximum atomic E-state index is 12.2. The summed E-state index contributed by atoms with van der Waals surface area (Å²) in [6, 6.07) is 0. The zero-order valence-electron chi connectivity index (χ0n) is 12.5. The van der Waals surface area contributed by atoms with Crippen molar-refractivity contribution in [3.63, 3.8) is 0 Å². The van der Waals surface area contributed by atoms with E-state index in [0.29, 0.717) is 19.1 Å². The molecule has 5 heteroatoms. The molecule has 1 fully saturated rings. The first kappa shape index (κ1) is 16.4. The molecule has 19 heavy (non-hydrogen) atoms. The van der Waals surface area contributed by atoms with E-state index < -0.39 is 5.60 Å². The Morgan fingerprint density at radius 1 is 1.32 bits per heavy atom. The van der Waals surface area contributed by atoms with Crippen LogP contribution in [0, 0.1) is 5.92 Å². The summed E-state index contributed by atoms with van der Waals surface area (Å²) in [4.78, 5) is 12.2. The van der Waals surface area contributed by atoms with Gasteiger partial charge in [-0.25, -0.2) is 0 Å². The van der Waals surface area contributed by atoms with Crippen molar-refractivity contribution in [2.24, 2.45) is 5.92 Å². The molecule has 1 heterocycles. The van der Waals surface area contributed by atoms with Crippen molar-refractivity contribution >= 4 is 5.91 Å². The van der Waals surface area contributed by atoms with Gasteiger partial charge in [-0.2, -0.15) is 0 Å². The minimum absolute atomic E-state index is 0.0102. The number of carbonyl (C=O) groups excluding carboxylic acids is 1. The second-order valence-electron chi connectivity index (χ2n) is 5.50. The van der Waals surface area contributed by atoms with E-state index in [0.717, 1.165) is 39.0 Å². The average Bonchev–Trinajstić information content (AvgIpc) is 2.42. The fourth-order valence-electron chi connectivity index (χ4n) is 2.17. The number of carbonyl (C=O) groups is 1. The molecule has 0 atom stereocenters. The van der Waals surface area contributed by atoms with E-state index in [1.54, 1.807) is 7.11 Å².